The molecule has 1 atom stereocenters. The maximum atomic E-state index is 2.40. The molecule has 2 aromatic rings. The molecule has 0 fully saturated rings. The monoisotopic (exact) mass is 208 g/mol. The van der Waals surface area contributed by atoms with Gasteiger partial charge in [-0.1, -0.05) is 55.0 Å². The molecule has 1 unspecified atom stereocenters. The lowest BCUT2D eigenvalue weighted by atomic mass is 9.89. The molecule has 0 heteroatoms. The first-order valence-electron chi connectivity index (χ1n) is 5.96. The van der Waals surface area contributed by atoms with E-state index in [1.807, 2.05) is 0 Å². The van der Waals surface area contributed by atoms with Crippen molar-refractivity contribution < 1.29 is 0 Å². The van der Waals surface area contributed by atoms with Gasteiger partial charge in [0.15, 0.2) is 0 Å². The lowest BCUT2D eigenvalue weighted by Crippen LogP contribution is -2.31. The molecule has 0 spiro atoms. The summed E-state index contributed by atoms with van der Waals surface area (Å²) in [6.07, 6.45) is 3.57. The van der Waals surface area contributed by atoms with Crippen LogP contribution in [-0.4, -0.2) is 0 Å². The molecule has 0 amide bonds. The molecule has 0 N–H and O–H groups in total. The number of fused-ring (bicyclic) bond motifs is 3. The SMILES string of the molecule is CC1=c2ccc3ccccc3c2=CCC1C. The zero-order valence-electron chi connectivity index (χ0n) is 9.83. The molecule has 0 aliphatic heterocycles. The van der Waals surface area contributed by atoms with E-state index < -0.39 is 0 Å². The Kier molecular flexibility index (Phi) is 2.10. The highest BCUT2D eigenvalue weighted by Gasteiger charge is 2.09. The van der Waals surface area contributed by atoms with Crippen LogP contribution in [0.1, 0.15) is 20.3 Å². The fourth-order valence-electron chi connectivity index (χ4n) is 2.60. The van der Waals surface area contributed by atoms with Crippen molar-refractivity contribution in [2.45, 2.75) is 20.3 Å². The van der Waals surface area contributed by atoms with Gasteiger partial charge in [-0.2, -0.15) is 0 Å². The van der Waals surface area contributed by atoms with Crippen molar-refractivity contribution >= 4 is 22.4 Å². The second-order valence-electron chi connectivity index (χ2n) is 4.77. The Morgan fingerprint density at radius 3 is 2.75 bits per heavy atom. The largest absolute Gasteiger partial charge is 0.0755 e. The third-order valence-electron chi connectivity index (χ3n) is 3.81. The third-order valence-corrected chi connectivity index (χ3v) is 3.81. The van der Waals surface area contributed by atoms with Gasteiger partial charge in [-0.15, -0.1) is 0 Å². The van der Waals surface area contributed by atoms with E-state index in [9.17, 15) is 0 Å². The summed E-state index contributed by atoms with van der Waals surface area (Å²) in [5.41, 5.74) is 1.53. The molecule has 0 nitrogen and oxygen atoms in total. The Morgan fingerprint density at radius 1 is 1.06 bits per heavy atom. The molecule has 0 radical (unpaired) electrons. The van der Waals surface area contributed by atoms with Crippen molar-refractivity contribution in [3.05, 3.63) is 46.8 Å². The molecule has 80 valence electrons. The molecular weight excluding hydrogens is 192 g/mol. The first-order chi connectivity index (χ1) is 7.77. The van der Waals surface area contributed by atoms with Crippen LogP contribution in [0.3, 0.4) is 0 Å². The molecule has 1 aliphatic rings. The maximum Gasteiger partial charge on any atom is -0.0109 e. The topological polar surface area (TPSA) is 0 Å². The van der Waals surface area contributed by atoms with Crippen LogP contribution in [0.25, 0.3) is 22.4 Å². The summed E-state index contributed by atoms with van der Waals surface area (Å²) < 4.78 is 0. The van der Waals surface area contributed by atoms with Crippen LogP contribution in [0.15, 0.2) is 36.4 Å². The van der Waals surface area contributed by atoms with Crippen LogP contribution in [-0.2, 0) is 0 Å². The van der Waals surface area contributed by atoms with Gasteiger partial charge in [-0.05, 0) is 40.5 Å². The van der Waals surface area contributed by atoms with E-state index in [4.69, 9.17) is 0 Å². The van der Waals surface area contributed by atoms with Crippen molar-refractivity contribution in [2.75, 3.05) is 0 Å². The van der Waals surface area contributed by atoms with Gasteiger partial charge < -0.3 is 0 Å². The minimum atomic E-state index is 0.689. The van der Waals surface area contributed by atoms with E-state index in [1.165, 1.54) is 33.2 Å². The van der Waals surface area contributed by atoms with Crippen LogP contribution < -0.4 is 10.4 Å². The molecule has 2 aromatic carbocycles. The molecule has 3 rings (SSSR count). The van der Waals surface area contributed by atoms with Crippen LogP contribution in [0, 0.1) is 5.92 Å². The molecule has 0 heterocycles. The summed E-state index contributed by atoms with van der Waals surface area (Å²) in [5.74, 6) is 0.689. The van der Waals surface area contributed by atoms with Crippen molar-refractivity contribution in [2.24, 2.45) is 5.92 Å². The molecule has 1 aliphatic carbocycles. The van der Waals surface area contributed by atoms with Gasteiger partial charge in [0.25, 0.3) is 0 Å². The lowest BCUT2D eigenvalue weighted by Gasteiger charge is -2.15. The highest BCUT2D eigenvalue weighted by molar-refractivity contribution is 5.84. The van der Waals surface area contributed by atoms with Gasteiger partial charge >= 0.3 is 0 Å². The third kappa shape index (κ3) is 1.30. The van der Waals surface area contributed by atoms with Crippen LogP contribution in [0.2, 0.25) is 0 Å². The Bertz CT molecular complexity index is 662. The summed E-state index contributed by atoms with van der Waals surface area (Å²) in [4.78, 5) is 0. The predicted octanol–water partition coefficient (Wildman–Crippen LogP) is 2.83. The highest BCUT2D eigenvalue weighted by Crippen LogP contribution is 2.17. The van der Waals surface area contributed by atoms with Crippen molar-refractivity contribution in [3.63, 3.8) is 0 Å². The average Bonchev–Trinajstić information content (AvgIpc) is 2.33. The Hall–Kier alpha value is -1.56. The van der Waals surface area contributed by atoms with Crippen LogP contribution in [0.4, 0.5) is 0 Å². The van der Waals surface area contributed by atoms with Crippen molar-refractivity contribution in [3.8, 4) is 0 Å². The molecular formula is C16H16. The van der Waals surface area contributed by atoms with Crippen molar-refractivity contribution in [1.29, 1.82) is 0 Å². The van der Waals surface area contributed by atoms with Gasteiger partial charge in [-0.25, -0.2) is 0 Å². The zero-order valence-corrected chi connectivity index (χ0v) is 9.83. The zero-order chi connectivity index (χ0) is 11.1. The first-order valence-corrected chi connectivity index (χ1v) is 5.96. The fraction of sp³-hybridized carbons (Fsp3) is 0.250. The van der Waals surface area contributed by atoms with Gasteiger partial charge in [-0.3, -0.25) is 0 Å². The van der Waals surface area contributed by atoms with Crippen molar-refractivity contribution in [1.82, 2.24) is 0 Å². The summed E-state index contributed by atoms with van der Waals surface area (Å²) in [5, 5.41) is 5.62. The van der Waals surface area contributed by atoms with E-state index in [2.05, 4.69) is 56.3 Å². The summed E-state index contributed by atoms with van der Waals surface area (Å²) in [6.45, 7) is 4.58. The van der Waals surface area contributed by atoms with E-state index in [0.29, 0.717) is 5.92 Å². The summed E-state index contributed by atoms with van der Waals surface area (Å²) in [7, 11) is 0. The number of benzene rings is 2. The Balaban J connectivity index is 2.55. The number of rotatable bonds is 0. The lowest BCUT2D eigenvalue weighted by molar-refractivity contribution is 0.767. The van der Waals surface area contributed by atoms with E-state index in [0.717, 1.165) is 0 Å². The Morgan fingerprint density at radius 2 is 1.88 bits per heavy atom. The quantitative estimate of drug-likeness (QED) is 0.624. The van der Waals surface area contributed by atoms with E-state index in [-0.39, 0.29) is 0 Å². The summed E-state index contributed by atoms with van der Waals surface area (Å²) >= 11 is 0. The second kappa shape index (κ2) is 3.48. The predicted molar refractivity (Wildman–Crippen MR) is 70.5 cm³/mol. The highest BCUT2D eigenvalue weighted by atomic mass is 14.1. The van der Waals surface area contributed by atoms with Crippen LogP contribution >= 0.6 is 0 Å². The second-order valence-corrected chi connectivity index (χ2v) is 4.77. The van der Waals surface area contributed by atoms with Gasteiger partial charge in [0, 0.05) is 0 Å². The first kappa shape index (κ1) is 9.65. The number of hydrogen-bond donors (Lipinski definition) is 0. The number of hydrogen-bond acceptors (Lipinski definition) is 0. The normalized spacial score (nSPS) is 19.4. The minimum Gasteiger partial charge on any atom is -0.0755 e. The fourth-order valence-corrected chi connectivity index (χ4v) is 2.60. The molecule has 16 heavy (non-hydrogen) atoms. The van der Waals surface area contributed by atoms with Gasteiger partial charge in [0.2, 0.25) is 0 Å². The Labute approximate surface area is 95.9 Å². The average molecular weight is 208 g/mol. The molecule has 0 bridgehead atoms. The van der Waals surface area contributed by atoms with E-state index >= 15 is 0 Å². The maximum absolute atomic E-state index is 2.40. The standard InChI is InChI=1S/C16H16/c1-11-7-9-16-14(12(11)2)10-8-13-5-3-4-6-15(13)16/h3-6,8-11H,7H2,1-2H3. The van der Waals surface area contributed by atoms with Gasteiger partial charge in [0.1, 0.15) is 0 Å². The molecule has 0 aromatic heterocycles. The van der Waals surface area contributed by atoms with Gasteiger partial charge in [0.05, 0.1) is 0 Å². The van der Waals surface area contributed by atoms with E-state index in [1.54, 1.807) is 0 Å². The smallest absolute Gasteiger partial charge is 0.0109 e. The summed E-state index contributed by atoms with van der Waals surface area (Å²) in [6, 6.07) is 13.2. The molecule has 0 saturated heterocycles. The minimum absolute atomic E-state index is 0.689. The van der Waals surface area contributed by atoms with Crippen LogP contribution in [0.5, 0.6) is 0 Å². The molecule has 0 saturated carbocycles.